The zero-order valence-electron chi connectivity index (χ0n) is 15.0. The van der Waals surface area contributed by atoms with Gasteiger partial charge in [0, 0.05) is 24.9 Å². The zero-order valence-corrected chi connectivity index (χ0v) is 15.0. The van der Waals surface area contributed by atoms with Crippen LogP contribution in [0.5, 0.6) is 0 Å². The molecule has 1 aliphatic heterocycles. The molecule has 1 aromatic heterocycles. The molecule has 25 heavy (non-hydrogen) atoms. The molecular formula is C18H22N6O. The van der Waals surface area contributed by atoms with Gasteiger partial charge in [-0.1, -0.05) is 23.4 Å². The van der Waals surface area contributed by atoms with E-state index in [1.165, 1.54) is 0 Å². The van der Waals surface area contributed by atoms with Crippen molar-refractivity contribution in [2.45, 2.75) is 20.8 Å². The second-order valence-electron chi connectivity index (χ2n) is 5.57. The van der Waals surface area contributed by atoms with E-state index in [2.05, 4.69) is 34.1 Å². The predicted octanol–water partition coefficient (Wildman–Crippen LogP) is 2.95. The molecule has 0 saturated carbocycles. The number of nitrogens with zero attached hydrogens (tertiary/aromatic N) is 6. The summed E-state index contributed by atoms with van der Waals surface area (Å²) in [6.07, 6.45) is 1.76. The van der Waals surface area contributed by atoms with Crippen molar-refractivity contribution in [2.24, 2.45) is 9.98 Å². The normalized spacial score (nSPS) is 18.0. The highest BCUT2D eigenvalue weighted by atomic mass is 16.5. The summed E-state index contributed by atoms with van der Waals surface area (Å²) in [6, 6.07) is 9.80. The van der Waals surface area contributed by atoms with Crippen molar-refractivity contribution in [1.29, 1.82) is 0 Å². The minimum Gasteiger partial charge on any atom is -0.479 e. The molecular weight excluding hydrogens is 316 g/mol. The molecule has 0 spiro atoms. The first-order valence-electron chi connectivity index (χ1n) is 8.33. The second-order valence-corrected chi connectivity index (χ2v) is 5.57. The predicted molar refractivity (Wildman–Crippen MR) is 98.7 cm³/mol. The Morgan fingerprint density at radius 2 is 1.84 bits per heavy atom. The van der Waals surface area contributed by atoms with Gasteiger partial charge in [-0.3, -0.25) is 0 Å². The summed E-state index contributed by atoms with van der Waals surface area (Å²) in [5.41, 5.74) is 2.38. The fourth-order valence-corrected chi connectivity index (χ4v) is 2.71. The third kappa shape index (κ3) is 3.17. The van der Waals surface area contributed by atoms with E-state index in [1.54, 1.807) is 18.0 Å². The standard InChI is InChI=1S/C18H22N6O/c1-5-23(6-2)16-13(3)12-19-18(25-4)15-17(20-16)24(22-21-15)14-10-8-7-9-11-14/h7-12H,5-6H2,1-4H3/b13-12-,16-13?,18-15?,19-12?,19-18?,20-16+,20-17?. The lowest BCUT2D eigenvalue weighted by molar-refractivity contribution is 0.403. The van der Waals surface area contributed by atoms with Gasteiger partial charge in [0.15, 0.2) is 11.5 Å². The van der Waals surface area contributed by atoms with Crippen LogP contribution in [0.3, 0.4) is 0 Å². The van der Waals surface area contributed by atoms with E-state index < -0.39 is 0 Å². The van der Waals surface area contributed by atoms with Crippen LogP contribution < -0.4 is 0 Å². The molecule has 0 fully saturated rings. The molecule has 1 aliphatic rings. The lowest BCUT2D eigenvalue weighted by Crippen LogP contribution is -2.31. The molecule has 0 radical (unpaired) electrons. The Labute approximate surface area is 147 Å². The Kier molecular flexibility index (Phi) is 4.92. The fraction of sp³-hybridized carbons (Fsp3) is 0.333. The summed E-state index contributed by atoms with van der Waals surface area (Å²) < 4.78 is 7.12. The van der Waals surface area contributed by atoms with Crippen molar-refractivity contribution in [2.75, 3.05) is 20.2 Å². The molecule has 0 amide bonds. The Bertz CT molecular complexity index is 831. The number of benzene rings is 1. The van der Waals surface area contributed by atoms with E-state index in [0.717, 1.165) is 30.2 Å². The van der Waals surface area contributed by atoms with E-state index in [4.69, 9.17) is 9.73 Å². The molecule has 0 atom stereocenters. The van der Waals surface area contributed by atoms with Gasteiger partial charge in [-0.25, -0.2) is 9.98 Å². The highest BCUT2D eigenvalue weighted by Gasteiger charge is 2.23. The molecule has 0 unspecified atom stereocenters. The Morgan fingerprint density at radius 3 is 2.48 bits per heavy atom. The Hall–Kier alpha value is -2.96. The number of methoxy groups -OCH3 is 1. The average molecular weight is 338 g/mol. The fourth-order valence-electron chi connectivity index (χ4n) is 2.71. The maximum atomic E-state index is 5.41. The highest BCUT2D eigenvalue weighted by molar-refractivity contribution is 6.04. The van der Waals surface area contributed by atoms with Crippen molar-refractivity contribution in [1.82, 2.24) is 19.9 Å². The topological polar surface area (TPSA) is 67.9 Å². The van der Waals surface area contributed by atoms with E-state index in [-0.39, 0.29) is 0 Å². The van der Waals surface area contributed by atoms with Gasteiger partial charge in [0.2, 0.25) is 5.90 Å². The summed E-state index contributed by atoms with van der Waals surface area (Å²) in [4.78, 5) is 11.5. The monoisotopic (exact) mass is 338 g/mol. The molecule has 7 nitrogen and oxygen atoms in total. The van der Waals surface area contributed by atoms with Gasteiger partial charge in [-0.05, 0) is 32.9 Å². The van der Waals surface area contributed by atoms with E-state index in [1.807, 2.05) is 37.3 Å². The van der Waals surface area contributed by atoms with Crippen molar-refractivity contribution in [3.63, 3.8) is 0 Å². The minimum absolute atomic E-state index is 0.402. The molecule has 0 aliphatic carbocycles. The summed E-state index contributed by atoms with van der Waals surface area (Å²) >= 11 is 0. The zero-order chi connectivity index (χ0) is 17.8. The van der Waals surface area contributed by atoms with Gasteiger partial charge in [0.05, 0.1) is 12.8 Å². The molecule has 2 aromatic rings. The van der Waals surface area contributed by atoms with E-state index in [9.17, 15) is 0 Å². The molecule has 130 valence electrons. The molecule has 7 heteroatoms. The SMILES string of the molecule is CCN(CC)C1=N/c2c(nnn2-c2ccccc2)C(OC)=N/C=C\1C. The minimum atomic E-state index is 0.402. The first-order chi connectivity index (χ1) is 12.2. The van der Waals surface area contributed by atoms with E-state index >= 15 is 0 Å². The van der Waals surface area contributed by atoms with Crippen LogP contribution in [-0.4, -0.2) is 51.8 Å². The number of amidine groups is 1. The quantitative estimate of drug-likeness (QED) is 0.863. The molecule has 0 saturated heterocycles. The van der Waals surface area contributed by atoms with Gasteiger partial charge in [0.1, 0.15) is 5.84 Å². The van der Waals surface area contributed by atoms with Gasteiger partial charge in [0.25, 0.3) is 0 Å². The molecule has 0 bridgehead atoms. The number of aliphatic imine (C=N–C) groups is 2. The molecule has 3 rings (SSSR count). The van der Waals surface area contributed by atoms with Gasteiger partial charge in [-0.2, -0.15) is 4.68 Å². The molecule has 2 heterocycles. The third-order valence-corrected chi connectivity index (χ3v) is 4.05. The first-order valence-corrected chi connectivity index (χ1v) is 8.33. The van der Waals surface area contributed by atoms with Gasteiger partial charge >= 0.3 is 0 Å². The lowest BCUT2D eigenvalue weighted by Gasteiger charge is -2.24. The second kappa shape index (κ2) is 7.29. The van der Waals surface area contributed by atoms with Crippen LogP contribution in [0, 0.1) is 0 Å². The summed E-state index contributed by atoms with van der Waals surface area (Å²) in [5.74, 6) is 1.88. The summed E-state index contributed by atoms with van der Waals surface area (Å²) in [6.45, 7) is 7.91. The number of fused-ring (bicyclic) bond motifs is 1. The van der Waals surface area contributed by atoms with Crippen molar-refractivity contribution in [3.8, 4) is 5.69 Å². The number of para-hydroxylation sites is 1. The number of hydrogen-bond acceptors (Lipinski definition) is 6. The average Bonchev–Trinajstić information content (AvgIpc) is 3.05. The number of likely N-dealkylation sites (N-methyl/N-ethyl adjacent to an activating group) is 1. The Balaban J connectivity index is 2.23. The molecule has 0 N–H and O–H groups in total. The van der Waals surface area contributed by atoms with Crippen LogP contribution in [0.25, 0.3) is 5.69 Å². The van der Waals surface area contributed by atoms with Crippen LogP contribution in [0.15, 0.2) is 52.1 Å². The van der Waals surface area contributed by atoms with Gasteiger partial charge < -0.3 is 9.64 Å². The van der Waals surface area contributed by atoms with Crippen LogP contribution in [-0.2, 0) is 4.74 Å². The number of aromatic nitrogens is 3. The highest BCUT2D eigenvalue weighted by Crippen LogP contribution is 2.25. The summed E-state index contributed by atoms with van der Waals surface area (Å²) in [5, 5.41) is 8.54. The van der Waals surface area contributed by atoms with Crippen molar-refractivity contribution in [3.05, 3.63) is 47.8 Å². The van der Waals surface area contributed by atoms with Crippen LogP contribution in [0.1, 0.15) is 26.5 Å². The number of ether oxygens (including phenoxy) is 1. The number of rotatable bonds is 3. The van der Waals surface area contributed by atoms with E-state index in [0.29, 0.717) is 17.4 Å². The van der Waals surface area contributed by atoms with Crippen molar-refractivity contribution >= 4 is 17.6 Å². The maximum Gasteiger partial charge on any atom is 0.245 e. The number of hydrogen-bond donors (Lipinski definition) is 0. The third-order valence-electron chi connectivity index (χ3n) is 4.05. The lowest BCUT2D eigenvalue weighted by atomic mass is 10.2. The molecule has 1 aromatic carbocycles. The van der Waals surface area contributed by atoms with Gasteiger partial charge in [-0.15, -0.1) is 5.10 Å². The van der Waals surface area contributed by atoms with Crippen LogP contribution in [0.2, 0.25) is 0 Å². The summed E-state index contributed by atoms with van der Waals surface area (Å²) in [7, 11) is 1.57. The maximum absolute atomic E-state index is 5.41. The van der Waals surface area contributed by atoms with Crippen LogP contribution in [0.4, 0.5) is 5.82 Å². The smallest absolute Gasteiger partial charge is 0.245 e. The largest absolute Gasteiger partial charge is 0.479 e. The van der Waals surface area contributed by atoms with Crippen LogP contribution >= 0.6 is 0 Å². The Morgan fingerprint density at radius 1 is 1.12 bits per heavy atom. The van der Waals surface area contributed by atoms with Crippen molar-refractivity contribution < 1.29 is 4.74 Å². The first kappa shape index (κ1) is 16.9.